The molecule has 0 unspecified atom stereocenters. The third-order valence-electron chi connectivity index (χ3n) is 4.59. The minimum absolute atomic E-state index is 0.0479. The summed E-state index contributed by atoms with van der Waals surface area (Å²) in [5.74, 6) is 0.220. The fourth-order valence-corrected chi connectivity index (χ4v) is 3.46. The number of halogens is 3. The van der Waals surface area contributed by atoms with Crippen molar-refractivity contribution in [1.29, 1.82) is 0 Å². The number of fused-ring (bicyclic) bond motifs is 3. The van der Waals surface area contributed by atoms with Crippen LogP contribution in [0, 0.1) is 0 Å². The van der Waals surface area contributed by atoms with Gasteiger partial charge < -0.3 is 20.5 Å². The smallest absolute Gasteiger partial charge is 0.422 e. The van der Waals surface area contributed by atoms with Crippen molar-refractivity contribution in [3.05, 3.63) is 35.0 Å². The Kier molecular flexibility index (Phi) is 3.53. The Morgan fingerprint density at radius 3 is 2.96 bits per heavy atom. The van der Waals surface area contributed by atoms with E-state index in [2.05, 4.69) is 15.5 Å². The van der Waals surface area contributed by atoms with Gasteiger partial charge in [-0.3, -0.25) is 9.89 Å². The van der Waals surface area contributed by atoms with Crippen molar-refractivity contribution >= 4 is 11.7 Å². The Bertz CT molecular complexity index is 880. The van der Waals surface area contributed by atoms with E-state index in [0.717, 1.165) is 0 Å². The van der Waals surface area contributed by atoms with E-state index in [1.54, 1.807) is 6.07 Å². The Morgan fingerprint density at radius 2 is 2.19 bits per heavy atom. The first kappa shape index (κ1) is 16.6. The van der Waals surface area contributed by atoms with E-state index in [-0.39, 0.29) is 17.5 Å². The van der Waals surface area contributed by atoms with Crippen LogP contribution in [0.4, 0.5) is 19.0 Å². The summed E-state index contributed by atoms with van der Waals surface area (Å²) in [6.07, 6.45) is -3.49. The summed E-state index contributed by atoms with van der Waals surface area (Å²) in [5, 5.41) is 9.63. The van der Waals surface area contributed by atoms with Gasteiger partial charge in [-0.2, -0.15) is 18.3 Å². The number of hydrogen-bond acceptors (Lipinski definition) is 5. The molecule has 1 aromatic heterocycles. The first-order chi connectivity index (χ1) is 12.3. The van der Waals surface area contributed by atoms with Crippen LogP contribution < -0.4 is 20.5 Å². The molecule has 1 aromatic carbocycles. The van der Waals surface area contributed by atoms with Gasteiger partial charge in [0.25, 0.3) is 5.91 Å². The highest BCUT2D eigenvalue weighted by Crippen LogP contribution is 2.43. The second-order valence-corrected chi connectivity index (χ2v) is 6.34. The fourth-order valence-electron chi connectivity index (χ4n) is 3.46. The van der Waals surface area contributed by atoms with Crippen molar-refractivity contribution in [2.24, 2.45) is 0 Å². The maximum Gasteiger partial charge on any atom is 0.422 e. The number of amides is 1. The standard InChI is InChI=1S/C16H15F3N4O3/c17-16(18,19)7-26-8-1-2-9-11(5-8)25-4-3-15(9)6-10-12(14(24)21-15)13(20)23-22-10/h1-2,5H,3-4,6-7H2,(H,21,24)(H3,20,22,23)/t15-/m1/s1. The molecule has 2 aromatic rings. The van der Waals surface area contributed by atoms with Gasteiger partial charge in [0.2, 0.25) is 0 Å². The summed E-state index contributed by atoms with van der Waals surface area (Å²) in [6, 6.07) is 4.46. The molecule has 7 nitrogen and oxygen atoms in total. The van der Waals surface area contributed by atoms with Gasteiger partial charge in [-0.25, -0.2) is 0 Å². The summed E-state index contributed by atoms with van der Waals surface area (Å²) in [7, 11) is 0. The second kappa shape index (κ2) is 5.55. The Balaban J connectivity index is 1.67. The number of aromatic amines is 1. The van der Waals surface area contributed by atoms with Crippen LogP contribution >= 0.6 is 0 Å². The highest BCUT2D eigenvalue weighted by atomic mass is 19.4. The molecular formula is C16H15F3N4O3. The number of anilines is 1. The van der Waals surface area contributed by atoms with E-state index < -0.39 is 18.3 Å². The molecule has 138 valence electrons. The van der Waals surface area contributed by atoms with Crippen molar-refractivity contribution < 1.29 is 27.4 Å². The number of nitrogens with zero attached hydrogens (tertiary/aromatic N) is 1. The Morgan fingerprint density at radius 1 is 1.38 bits per heavy atom. The molecule has 0 aliphatic carbocycles. The summed E-state index contributed by atoms with van der Waals surface area (Å²) in [4.78, 5) is 12.5. The molecule has 3 heterocycles. The number of carbonyl (C=O) groups excluding carboxylic acids is 1. The summed E-state index contributed by atoms with van der Waals surface area (Å²) in [5.41, 5.74) is 6.60. The zero-order valence-electron chi connectivity index (χ0n) is 13.4. The molecule has 0 fully saturated rings. The minimum atomic E-state index is -4.42. The molecule has 0 bridgehead atoms. The molecule has 2 aliphatic heterocycles. The van der Waals surface area contributed by atoms with Gasteiger partial charge in [-0.05, 0) is 12.1 Å². The van der Waals surface area contributed by atoms with Gasteiger partial charge in [-0.15, -0.1) is 0 Å². The average Bonchev–Trinajstić information content (AvgIpc) is 2.93. The topological polar surface area (TPSA) is 102 Å². The zero-order valence-corrected chi connectivity index (χ0v) is 13.4. The molecule has 26 heavy (non-hydrogen) atoms. The minimum Gasteiger partial charge on any atom is -0.493 e. The number of benzene rings is 1. The Labute approximate surface area is 145 Å². The first-order valence-electron chi connectivity index (χ1n) is 7.89. The molecule has 1 atom stereocenters. The number of hydrogen-bond donors (Lipinski definition) is 3. The molecule has 0 radical (unpaired) electrons. The van der Waals surface area contributed by atoms with Gasteiger partial charge in [0.15, 0.2) is 12.4 Å². The number of aromatic nitrogens is 2. The highest BCUT2D eigenvalue weighted by Gasteiger charge is 2.45. The molecule has 4 N–H and O–H groups in total. The fraction of sp³-hybridized carbons (Fsp3) is 0.375. The van der Waals surface area contributed by atoms with E-state index in [4.69, 9.17) is 15.2 Å². The van der Waals surface area contributed by atoms with Crippen molar-refractivity contribution in [3.63, 3.8) is 0 Å². The molecule has 4 rings (SSSR count). The molecule has 1 spiro atoms. The van der Waals surface area contributed by atoms with Crippen LogP contribution in [0.25, 0.3) is 0 Å². The average molecular weight is 368 g/mol. The van der Waals surface area contributed by atoms with Crippen molar-refractivity contribution in [1.82, 2.24) is 15.5 Å². The van der Waals surface area contributed by atoms with Crippen LogP contribution in [0.2, 0.25) is 0 Å². The van der Waals surface area contributed by atoms with Crippen LogP contribution in [0.1, 0.15) is 28.0 Å². The largest absolute Gasteiger partial charge is 0.493 e. The number of nitrogens with two attached hydrogens (primary N) is 1. The first-order valence-corrected chi connectivity index (χ1v) is 7.89. The van der Waals surface area contributed by atoms with Gasteiger partial charge >= 0.3 is 6.18 Å². The summed E-state index contributed by atoms with van der Waals surface area (Å²) < 4.78 is 47.3. The third-order valence-corrected chi connectivity index (χ3v) is 4.59. The lowest BCUT2D eigenvalue weighted by molar-refractivity contribution is -0.153. The zero-order chi connectivity index (χ0) is 18.5. The molecule has 1 amide bonds. The lowest BCUT2D eigenvalue weighted by Gasteiger charge is -2.41. The number of nitrogens with one attached hydrogen (secondary N) is 2. The van der Waals surface area contributed by atoms with Crippen LogP contribution in [0.5, 0.6) is 11.5 Å². The van der Waals surface area contributed by atoms with E-state index in [9.17, 15) is 18.0 Å². The number of ether oxygens (including phenoxy) is 2. The highest BCUT2D eigenvalue weighted by molar-refractivity contribution is 6.01. The molecule has 10 heteroatoms. The number of carbonyl (C=O) groups is 1. The maximum atomic E-state index is 12.5. The predicted octanol–water partition coefficient (Wildman–Crippen LogP) is 1.90. The van der Waals surface area contributed by atoms with Gasteiger partial charge in [0.1, 0.15) is 17.1 Å². The lowest BCUT2D eigenvalue weighted by atomic mass is 9.77. The van der Waals surface area contributed by atoms with Crippen LogP contribution in [0.15, 0.2) is 18.2 Å². The van der Waals surface area contributed by atoms with Crippen molar-refractivity contribution in [3.8, 4) is 11.5 Å². The van der Waals surface area contributed by atoms with E-state index in [0.29, 0.717) is 42.0 Å². The number of nitrogen functional groups attached to an aromatic ring is 1. The quantitative estimate of drug-likeness (QED) is 0.751. The number of H-pyrrole nitrogens is 1. The molecule has 0 saturated heterocycles. The molecular weight excluding hydrogens is 353 g/mol. The van der Waals surface area contributed by atoms with Crippen LogP contribution in [0.3, 0.4) is 0 Å². The Hall–Kier alpha value is -2.91. The van der Waals surface area contributed by atoms with E-state index in [1.807, 2.05) is 0 Å². The van der Waals surface area contributed by atoms with Gasteiger partial charge in [-0.1, -0.05) is 0 Å². The van der Waals surface area contributed by atoms with E-state index >= 15 is 0 Å². The number of alkyl halides is 3. The molecule has 0 saturated carbocycles. The maximum absolute atomic E-state index is 12.5. The van der Waals surface area contributed by atoms with Gasteiger partial charge in [0.05, 0.1) is 17.8 Å². The monoisotopic (exact) mass is 368 g/mol. The van der Waals surface area contributed by atoms with Crippen molar-refractivity contribution in [2.45, 2.75) is 24.6 Å². The van der Waals surface area contributed by atoms with Crippen LogP contribution in [-0.2, 0) is 12.0 Å². The van der Waals surface area contributed by atoms with Crippen LogP contribution in [-0.4, -0.2) is 35.5 Å². The lowest BCUT2D eigenvalue weighted by Crippen LogP contribution is -2.53. The third kappa shape index (κ3) is 2.71. The molecule has 2 aliphatic rings. The SMILES string of the molecule is Nc1n[nH]c2c1C(=O)N[C@]1(CCOc3cc(OCC(F)(F)F)ccc31)C2. The predicted molar refractivity (Wildman–Crippen MR) is 84.0 cm³/mol. The summed E-state index contributed by atoms with van der Waals surface area (Å²) in [6.45, 7) is -1.08. The van der Waals surface area contributed by atoms with E-state index in [1.165, 1.54) is 12.1 Å². The summed E-state index contributed by atoms with van der Waals surface area (Å²) >= 11 is 0. The second-order valence-electron chi connectivity index (χ2n) is 6.34. The van der Waals surface area contributed by atoms with Gasteiger partial charge in [0, 0.05) is 24.5 Å². The normalized spacial score (nSPS) is 21.6. The number of rotatable bonds is 2. The van der Waals surface area contributed by atoms with Crippen molar-refractivity contribution in [2.75, 3.05) is 18.9 Å².